The van der Waals surface area contributed by atoms with Crippen LogP contribution >= 0.6 is 0 Å². The number of anilines is 1. The molecule has 1 heterocycles. The van der Waals surface area contributed by atoms with Gasteiger partial charge in [-0.1, -0.05) is 36.4 Å². The van der Waals surface area contributed by atoms with Gasteiger partial charge in [0.1, 0.15) is 11.9 Å². The van der Waals surface area contributed by atoms with E-state index in [1.807, 2.05) is 0 Å². The molecule has 3 aromatic rings. The van der Waals surface area contributed by atoms with Gasteiger partial charge in [-0.3, -0.25) is 14.9 Å². The van der Waals surface area contributed by atoms with Gasteiger partial charge in [-0.2, -0.15) is 0 Å². The van der Waals surface area contributed by atoms with Gasteiger partial charge in [0.25, 0.3) is 11.6 Å². The highest BCUT2D eigenvalue weighted by Crippen LogP contribution is 2.31. The summed E-state index contributed by atoms with van der Waals surface area (Å²) in [7, 11) is 0. The monoisotopic (exact) mass is 408 g/mol. The highest BCUT2D eigenvalue weighted by atomic mass is 16.6. The average Bonchev–Trinajstić information content (AvgIpc) is 2.73. The molecule has 0 saturated heterocycles. The number of amides is 1. The Morgan fingerprint density at radius 1 is 1.03 bits per heavy atom. The molecule has 1 N–H and O–H groups in total. The van der Waals surface area contributed by atoms with Crippen LogP contribution in [0.15, 0.2) is 66.9 Å². The number of nitro groups is 2. The van der Waals surface area contributed by atoms with E-state index < -0.39 is 27.7 Å². The molecule has 1 amide bonds. The normalized spacial score (nSPS) is 11.4. The molecule has 2 aromatic carbocycles. The number of hydrogen-bond donors (Lipinski definition) is 1. The van der Waals surface area contributed by atoms with Crippen LogP contribution in [0.1, 0.15) is 17.2 Å². The summed E-state index contributed by atoms with van der Waals surface area (Å²) in [6.07, 6.45) is -0.0758. The van der Waals surface area contributed by atoms with Crippen molar-refractivity contribution < 1.29 is 19.4 Å². The van der Waals surface area contributed by atoms with Crippen molar-refractivity contribution in [3.05, 3.63) is 98.2 Å². The molecule has 0 saturated carbocycles. The Kier molecular flexibility index (Phi) is 5.97. The van der Waals surface area contributed by atoms with Gasteiger partial charge < -0.3 is 20.2 Å². The molecule has 0 fully saturated rings. The number of hydrogen-bond acceptors (Lipinski definition) is 7. The van der Waals surface area contributed by atoms with Gasteiger partial charge in [0.15, 0.2) is 0 Å². The maximum Gasteiger partial charge on any atom is 0.406 e. The maximum atomic E-state index is 13.0. The van der Waals surface area contributed by atoms with Crippen molar-refractivity contribution in [1.82, 2.24) is 4.98 Å². The van der Waals surface area contributed by atoms with E-state index in [1.54, 1.807) is 43.3 Å². The molecule has 1 atom stereocenters. The number of carbonyl (C=O) groups is 1. The molecule has 1 aromatic heterocycles. The summed E-state index contributed by atoms with van der Waals surface area (Å²) in [6.45, 7) is 1.69. The molecule has 0 radical (unpaired) electrons. The van der Waals surface area contributed by atoms with Crippen LogP contribution in [0.4, 0.5) is 17.2 Å². The summed E-state index contributed by atoms with van der Waals surface area (Å²) in [6, 6.07) is 15.4. The number of nitrogens with zero attached hydrogens (tertiary/aromatic N) is 3. The fourth-order valence-corrected chi connectivity index (χ4v) is 2.74. The lowest BCUT2D eigenvalue weighted by Crippen LogP contribution is -2.26. The summed E-state index contributed by atoms with van der Waals surface area (Å²) < 4.78 is 5.66. The number of pyridine rings is 1. The Morgan fingerprint density at radius 3 is 2.43 bits per heavy atom. The second kappa shape index (κ2) is 8.78. The van der Waals surface area contributed by atoms with Crippen LogP contribution in [0.5, 0.6) is 5.75 Å². The topological polar surface area (TPSA) is 138 Å². The first-order chi connectivity index (χ1) is 14.4. The number of carbonyl (C=O) groups excluding carboxylic acids is 1. The zero-order valence-corrected chi connectivity index (χ0v) is 15.7. The van der Waals surface area contributed by atoms with Crippen LogP contribution in [-0.2, 0) is 4.79 Å². The first-order valence-electron chi connectivity index (χ1n) is 8.73. The minimum atomic E-state index is -1.31. The fourth-order valence-electron chi connectivity index (χ4n) is 2.74. The lowest BCUT2D eigenvalue weighted by Gasteiger charge is -2.19. The quantitative estimate of drug-likeness (QED) is 0.461. The molecule has 152 valence electrons. The van der Waals surface area contributed by atoms with Crippen molar-refractivity contribution >= 4 is 23.1 Å². The molecule has 0 aliphatic heterocycles. The van der Waals surface area contributed by atoms with Gasteiger partial charge in [-0.15, -0.1) is 0 Å². The van der Waals surface area contributed by atoms with Crippen molar-refractivity contribution in [3.8, 4) is 5.75 Å². The third-order valence-electron chi connectivity index (χ3n) is 4.12. The van der Waals surface area contributed by atoms with Crippen molar-refractivity contribution in [2.75, 3.05) is 5.32 Å². The van der Waals surface area contributed by atoms with Crippen LogP contribution in [0.2, 0.25) is 0 Å². The van der Waals surface area contributed by atoms with Crippen molar-refractivity contribution in [3.63, 3.8) is 0 Å². The van der Waals surface area contributed by atoms with Crippen LogP contribution in [-0.4, -0.2) is 20.7 Å². The van der Waals surface area contributed by atoms with Crippen LogP contribution in [0, 0.1) is 27.2 Å². The summed E-state index contributed by atoms with van der Waals surface area (Å²) in [4.78, 5) is 37.9. The van der Waals surface area contributed by atoms with Crippen LogP contribution in [0.3, 0.4) is 0 Å². The predicted octanol–water partition coefficient (Wildman–Crippen LogP) is 3.97. The number of aromatic nitrogens is 1. The zero-order chi connectivity index (χ0) is 21.7. The molecule has 0 unspecified atom stereocenters. The van der Waals surface area contributed by atoms with Crippen LogP contribution in [0.25, 0.3) is 0 Å². The molecular weight excluding hydrogens is 392 g/mol. The van der Waals surface area contributed by atoms with E-state index in [1.165, 1.54) is 30.5 Å². The highest BCUT2D eigenvalue weighted by Gasteiger charge is 2.28. The second-order valence-electron chi connectivity index (χ2n) is 6.26. The van der Waals surface area contributed by atoms with Crippen LogP contribution < -0.4 is 10.1 Å². The lowest BCUT2D eigenvalue weighted by atomic mass is 10.1. The highest BCUT2D eigenvalue weighted by molar-refractivity contribution is 5.97. The number of nitrogens with one attached hydrogen (secondary N) is 1. The number of benzene rings is 2. The standard InChI is InChI=1S/C20H16N4O6/c1-13-9-10-15(16(12-13)23(26)27)22-20(25)18(14-6-3-2-4-7-14)30-17-8-5-11-21-19(17)24(28)29/h2-12,18H,1H3,(H,22,25)/t18-/m0/s1. The first-order valence-corrected chi connectivity index (χ1v) is 8.73. The van der Waals surface area contributed by atoms with Gasteiger partial charge >= 0.3 is 5.82 Å². The largest absolute Gasteiger partial charge is 0.467 e. The minimum absolute atomic E-state index is 0.0131. The van der Waals surface area contributed by atoms with E-state index in [2.05, 4.69) is 10.3 Å². The average molecular weight is 408 g/mol. The Balaban J connectivity index is 1.97. The molecular formula is C20H16N4O6. The maximum absolute atomic E-state index is 13.0. The molecule has 0 aliphatic carbocycles. The minimum Gasteiger partial charge on any atom is -0.467 e. The SMILES string of the molecule is Cc1ccc(NC(=O)[C@@H](Oc2cccnc2[N+](=O)[O-])c2ccccc2)c([N+](=O)[O-])c1. The van der Waals surface area contributed by atoms with E-state index in [0.29, 0.717) is 11.1 Å². The summed E-state index contributed by atoms with van der Waals surface area (Å²) in [5.41, 5.74) is 0.771. The van der Waals surface area contributed by atoms with Crippen molar-refractivity contribution in [2.45, 2.75) is 13.0 Å². The Bertz CT molecular complexity index is 1100. The zero-order valence-electron chi connectivity index (χ0n) is 15.7. The Hall–Kier alpha value is -4.34. The van der Waals surface area contributed by atoms with Crippen molar-refractivity contribution in [1.29, 1.82) is 0 Å². The number of ether oxygens (including phenoxy) is 1. The molecule has 0 aliphatic rings. The van der Waals surface area contributed by atoms with E-state index >= 15 is 0 Å². The third kappa shape index (κ3) is 4.55. The van der Waals surface area contributed by atoms with Gasteiger partial charge in [-0.25, -0.2) is 0 Å². The molecule has 0 bridgehead atoms. The van der Waals surface area contributed by atoms with E-state index in [0.717, 1.165) is 0 Å². The fraction of sp³-hybridized carbons (Fsp3) is 0.100. The van der Waals surface area contributed by atoms with E-state index in [9.17, 15) is 25.0 Å². The van der Waals surface area contributed by atoms with Gasteiger partial charge in [-0.05, 0) is 40.6 Å². The van der Waals surface area contributed by atoms with Gasteiger partial charge in [0, 0.05) is 11.6 Å². The lowest BCUT2D eigenvalue weighted by molar-refractivity contribution is -0.390. The summed E-state index contributed by atoms with van der Waals surface area (Å²) in [5.74, 6) is -1.48. The predicted molar refractivity (Wildman–Crippen MR) is 107 cm³/mol. The molecule has 10 heteroatoms. The summed E-state index contributed by atoms with van der Waals surface area (Å²) in [5, 5.41) is 25.1. The Morgan fingerprint density at radius 2 is 1.77 bits per heavy atom. The van der Waals surface area contributed by atoms with E-state index in [4.69, 9.17) is 4.74 Å². The van der Waals surface area contributed by atoms with Crippen molar-refractivity contribution in [2.24, 2.45) is 0 Å². The third-order valence-corrected chi connectivity index (χ3v) is 4.12. The molecule has 0 spiro atoms. The molecule has 30 heavy (non-hydrogen) atoms. The number of aryl methyl sites for hydroxylation is 1. The molecule has 10 nitrogen and oxygen atoms in total. The van der Waals surface area contributed by atoms with Gasteiger partial charge in [0.05, 0.1) is 4.92 Å². The smallest absolute Gasteiger partial charge is 0.406 e. The summed E-state index contributed by atoms with van der Waals surface area (Å²) >= 11 is 0. The number of rotatable bonds is 7. The van der Waals surface area contributed by atoms with E-state index in [-0.39, 0.29) is 17.1 Å². The second-order valence-corrected chi connectivity index (χ2v) is 6.26. The number of nitro benzene ring substituents is 1. The van der Waals surface area contributed by atoms with Gasteiger partial charge in [0.2, 0.25) is 11.9 Å². The molecule has 3 rings (SSSR count). The Labute approximate surface area is 170 Å². The first kappa shape index (κ1) is 20.4.